The number of carbonyl (C=O) groups excluding carboxylic acids is 2. The van der Waals surface area contributed by atoms with E-state index in [4.69, 9.17) is 0 Å². The van der Waals surface area contributed by atoms with E-state index in [1.165, 1.54) is 27.7 Å². The Morgan fingerprint density at radius 1 is 0.812 bits per heavy atom. The summed E-state index contributed by atoms with van der Waals surface area (Å²) in [6.45, 7) is 5.39. The molecule has 0 rings (SSSR count). The second-order valence-electron chi connectivity index (χ2n) is 2.73. The number of allylic oxidation sites excluding steroid dienone is 4. The van der Waals surface area contributed by atoms with Crippen molar-refractivity contribution in [2.75, 3.05) is 0 Å². The van der Waals surface area contributed by atoms with Gasteiger partial charge in [-0.05, 0) is 26.0 Å². The normalized spacial score (nSPS) is 10.0. The molecule has 0 spiro atoms. The van der Waals surface area contributed by atoms with Gasteiger partial charge in [-0.3, -0.25) is 9.59 Å². The first-order valence-electron chi connectivity index (χ1n) is 3.97. The van der Waals surface area contributed by atoms with Gasteiger partial charge in [-0.1, -0.05) is 13.8 Å². The second-order valence-corrected chi connectivity index (χ2v) is 2.73. The van der Waals surface area contributed by atoms with Gasteiger partial charge in [-0.15, -0.1) is 11.5 Å². The molecule has 0 amide bonds. The molecule has 2 N–H and O–H groups in total. The monoisotopic (exact) mass is 256 g/mol. The van der Waals surface area contributed by atoms with E-state index in [9.17, 15) is 19.8 Å². The Morgan fingerprint density at radius 2 is 1.00 bits per heavy atom. The maximum atomic E-state index is 9.98. The van der Waals surface area contributed by atoms with E-state index in [1.54, 1.807) is 0 Å². The van der Waals surface area contributed by atoms with Crippen LogP contribution in [0.4, 0.5) is 0 Å². The van der Waals surface area contributed by atoms with E-state index in [0.717, 1.165) is 12.2 Å². The van der Waals surface area contributed by atoms with Gasteiger partial charge in [-0.25, -0.2) is 0 Å². The molecule has 0 atom stereocenters. The molecule has 16 heavy (non-hydrogen) atoms. The van der Waals surface area contributed by atoms with Crippen molar-refractivity contribution >= 4 is 49.3 Å². The van der Waals surface area contributed by atoms with Crippen LogP contribution in [0.3, 0.4) is 0 Å². The predicted molar refractivity (Wildman–Crippen MR) is 58.2 cm³/mol. The van der Waals surface area contributed by atoms with Gasteiger partial charge >= 0.3 is 37.7 Å². The van der Waals surface area contributed by atoms with E-state index >= 15 is 0 Å². The first-order valence-corrected chi connectivity index (χ1v) is 3.97. The minimum Gasteiger partial charge on any atom is -0.876 e. The van der Waals surface area contributed by atoms with Crippen molar-refractivity contribution in [3.05, 3.63) is 23.7 Å². The van der Waals surface area contributed by atoms with Crippen molar-refractivity contribution in [2.45, 2.75) is 27.7 Å². The molecule has 6 heteroatoms. The Bertz CT molecular complexity index is 232. The van der Waals surface area contributed by atoms with E-state index in [1.807, 2.05) is 0 Å². The summed E-state index contributed by atoms with van der Waals surface area (Å²) in [6, 6.07) is 0. The summed E-state index contributed by atoms with van der Waals surface area (Å²) in [7, 11) is 0. The Morgan fingerprint density at radius 3 is 1.00 bits per heavy atom. The van der Waals surface area contributed by atoms with Gasteiger partial charge in [0, 0.05) is 0 Å². The maximum absolute atomic E-state index is 9.98. The van der Waals surface area contributed by atoms with Gasteiger partial charge < -0.3 is 15.7 Å². The number of hydrogen-bond acceptors (Lipinski definition) is 4. The van der Waals surface area contributed by atoms with Crippen LogP contribution < -0.4 is 10.2 Å². The molecule has 0 aliphatic heterocycles. The molecule has 0 fully saturated rings. The van der Waals surface area contributed by atoms with Crippen LogP contribution in [0.2, 0.25) is 0 Å². The summed E-state index contributed by atoms with van der Waals surface area (Å²) in [5, 5.41) is 20.0. The van der Waals surface area contributed by atoms with Crippen LogP contribution in [0.25, 0.3) is 0 Å². The van der Waals surface area contributed by atoms with Crippen LogP contribution in [0.1, 0.15) is 27.7 Å². The second kappa shape index (κ2) is 14.6. The van der Waals surface area contributed by atoms with Crippen LogP contribution in [-0.4, -0.2) is 54.8 Å². The zero-order valence-electron chi connectivity index (χ0n) is 9.99. The minimum absolute atomic E-state index is 0. The van der Waals surface area contributed by atoms with Gasteiger partial charge in [0.1, 0.15) is 0 Å². The molecule has 5 nitrogen and oxygen atoms in total. The Kier molecular flexibility index (Phi) is 22.6. The van der Waals surface area contributed by atoms with Crippen LogP contribution in [0.5, 0.6) is 0 Å². The zero-order valence-corrected chi connectivity index (χ0v) is 12.2. The fraction of sp³-hybridized carbons (Fsp3) is 0.400. The number of hydrogen-bond donors (Lipinski definition) is 0. The zero-order chi connectivity index (χ0) is 11.7. The van der Waals surface area contributed by atoms with E-state index in [0.29, 0.717) is 0 Å². The van der Waals surface area contributed by atoms with Crippen molar-refractivity contribution in [1.82, 2.24) is 0 Å². The topological polar surface area (TPSA) is 112 Å². The quantitative estimate of drug-likeness (QED) is 0.339. The van der Waals surface area contributed by atoms with Gasteiger partial charge in [-0.2, -0.15) is 0 Å². The molecule has 88 valence electrons. The largest absolute Gasteiger partial charge is 2.00 e. The average Bonchev–Trinajstić information content (AvgIpc) is 1.79. The third kappa shape index (κ3) is 37.3. The molecule has 0 aromatic heterocycles. The predicted octanol–water partition coefficient (Wildman–Crippen LogP) is -1.53. The molecule has 0 saturated carbocycles. The number of ketones is 2. The fourth-order valence-corrected chi connectivity index (χ4v) is 0.572. The summed E-state index contributed by atoms with van der Waals surface area (Å²) < 4.78 is 0. The standard InChI is InChI=1S/2C5H8O2.Ca.H2O/c2*1-4(6)3-5(2)7;;/h2*3,6H,1-2H3;;1H2/q;;+2;/p-2/b4-3+;4-3-;;. The van der Waals surface area contributed by atoms with Crippen LogP contribution in [0.15, 0.2) is 23.7 Å². The molecule has 0 heterocycles. The molecule has 0 saturated heterocycles. The molecule has 0 aromatic carbocycles. The summed E-state index contributed by atoms with van der Waals surface area (Å²) >= 11 is 0. The number of carbonyl (C=O) groups is 2. The van der Waals surface area contributed by atoms with Gasteiger partial charge in [0.05, 0.1) is 0 Å². The average molecular weight is 256 g/mol. The molecular weight excluding hydrogens is 240 g/mol. The van der Waals surface area contributed by atoms with E-state index < -0.39 is 0 Å². The first-order chi connectivity index (χ1) is 6.25. The molecule has 0 radical (unpaired) electrons. The molecule has 0 unspecified atom stereocenters. The summed E-state index contributed by atoms with van der Waals surface area (Å²) in [4.78, 5) is 20.0. The van der Waals surface area contributed by atoms with Crippen molar-refractivity contribution < 1.29 is 25.3 Å². The summed E-state index contributed by atoms with van der Waals surface area (Å²) in [6.07, 6.45) is 2.11. The van der Waals surface area contributed by atoms with Crippen molar-refractivity contribution in [3.8, 4) is 0 Å². The molecule has 0 bridgehead atoms. The SMILES string of the molecule is CC(=O)/C=C(/C)[O-].CC(=O)/C=C(\C)[O-].O.[Ca+2]. The maximum Gasteiger partial charge on any atom is 2.00 e. The Balaban J connectivity index is -0.0000000800. The first kappa shape index (κ1) is 24.7. The fourth-order valence-electron chi connectivity index (χ4n) is 0.572. The van der Waals surface area contributed by atoms with Gasteiger partial charge in [0.25, 0.3) is 0 Å². The van der Waals surface area contributed by atoms with E-state index in [-0.39, 0.29) is 66.3 Å². The summed E-state index contributed by atoms with van der Waals surface area (Å²) in [5.74, 6) is -0.750. The minimum atomic E-state index is -0.187. The molecule has 0 aromatic rings. The summed E-state index contributed by atoms with van der Waals surface area (Å²) in [5.41, 5.74) is 0. The number of rotatable bonds is 2. The van der Waals surface area contributed by atoms with E-state index in [2.05, 4.69) is 0 Å². The van der Waals surface area contributed by atoms with Crippen molar-refractivity contribution in [2.24, 2.45) is 0 Å². The Hall–Kier alpha value is -0.360. The third-order valence-electron chi connectivity index (χ3n) is 0.813. The van der Waals surface area contributed by atoms with Crippen LogP contribution in [-0.2, 0) is 9.59 Å². The van der Waals surface area contributed by atoms with Crippen LogP contribution in [0, 0.1) is 0 Å². The van der Waals surface area contributed by atoms with Gasteiger partial charge in [0.2, 0.25) is 0 Å². The van der Waals surface area contributed by atoms with Crippen LogP contribution >= 0.6 is 0 Å². The van der Waals surface area contributed by atoms with Crippen molar-refractivity contribution in [3.63, 3.8) is 0 Å². The third-order valence-corrected chi connectivity index (χ3v) is 0.813. The Labute approximate surface area is 125 Å². The van der Waals surface area contributed by atoms with Gasteiger partial charge in [0.15, 0.2) is 11.6 Å². The molecule has 0 aliphatic carbocycles. The van der Waals surface area contributed by atoms with Crippen molar-refractivity contribution in [1.29, 1.82) is 0 Å². The molecular formula is C10H16CaO5. The smallest absolute Gasteiger partial charge is 0.876 e. The molecule has 0 aliphatic rings.